The molecule has 120 valence electrons. The minimum absolute atomic E-state index is 0. The van der Waals surface area contributed by atoms with Crippen molar-refractivity contribution in [2.24, 2.45) is 5.92 Å². The third-order valence-corrected chi connectivity index (χ3v) is 3.76. The van der Waals surface area contributed by atoms with Gasteiger partial charge in [-0.2, -0.15) is 0 Å². The molecule has 0 spiro atoms. The molecule has 0 aromatic carbocycles. The minimum Gasteiger partial charge on any atom is -0.748 e. The second-order valence-corrected chi connectivity index (χ2v) is 6.53. The van der Waals surface area contributed by atoms with E-state index in [9.17, 15) is 13.0 Å². The molecule has 0 saturated heterocycles. The molecule has 1 saturated carbocycles. The van der Waals surface area contributed by atoms with Crippen molar-refractivity contribution in [3.05, 3.63) is 0 Å². The van der Waals surface area contributed by atoms with Crippen LogP contribution in [0.4, 0.5) is 0 Å². The summed E-state index contributed by atoms with van der Waals surface area (Å²) in [5.74, 6) is 0.793. The van der Waals surface area contributed by atoms with Crippen LogP contribution in [0.5, 0.6) is 0 Å². The van der Waals surface area contributed by atoms with Crippen molar-refractivity contribution in [3.8, 4) is 0 Å². The van der Waals surface area contributed by atoms with Gasteiger partial charge in [-0.3, -0.25) is 0 Å². The standard InChI is InChI=1S/C7H14.C4H10.C3H8O3S.CH4.Na/c1-7-5-3-2-4-6-7;1-3-4-2;1-2-3-7(4,5)6;;/h7H,2-6H2,1H3;3-4H2,1-2H3;2-3H2,1H3,(H,4,5,6);1H4;/q;;;;+1/p-1. The summed E-state index contributed by atoms with van der Waals surface area (Å²) in [4.78, 5) is 0. The molecule has 0 radical (unpaired) electrons. The summed E-state index contributed by atoms with van der Waals surface area (Å²) in [6, 6.07) is 0. The molecule has 0 bridgehead atoms. The Morgan fingerprint density at radius 1 is 0.950 bits per heavy atom. The van der Waals surface area contributed by atoms with Gasteiger partial charge < -0.3 is 4.55 Å². The fraction of sp³-hybridized carbons (Fsp3) is 1.00. The van der Waals surface area contributed by atoms with E-state index >= 15 is 0 Å². The second-order valence-electron chi connectivity index (χ2n) is 5.00. The van der Waals surface area contributed by atoms with Gasteiger partial charge in [-0.15, -0.1) is 0 Å². The monoisotopic (exact) mass is 318 g/mol. The van der Waals surface area contributed by atoms with Gasteiger partial charge in [-0.05, 0) is 12.3 Å². The zero-order valence-electron chi connectivity index (χ0n) is 13.6. The Bertz CT molecular complexity index is 246. The van der Waals surface area contributed by atoms with Gasteiger partial charge in [0.2, 0.25) is 0 Å². The zero-order valence-corrected chi connectivity index (χ0v) is 16.4. The van der Waals surface area contributed by atoms with Gasteiger partial charge in [-0.1, -0.05) is 80.1 Å². The van der Waals surface area contributed by atoms with Gasteiger partial charge >= 0.3 is 29.6 Å². The fourth-order valence-corrected chi connectivity index (χ4v) is 2.06. The zero-order chi connectivity index (χ0) is 14.4. The van der Waals surface area contributed by atoms with Crippen LogP contribution in [0.3, 0.4) is 0 Å². The number of hydrogen-bond donors (Lipinski definition) is 0. The Kier molecular flexibility index (Phi) is 28.9. The van der Waals surface area contributed by atoms with E-state index in [1.165, 1.54) is 44.9 Å². The van der Waals surface area contributed by atoms with Crippen LogP contribution in [0.1, 0.15) is 86.5 Å². The summed E-state index contributed by atoms with van der Waals surface area (Å²) in [5, 5.41) is 0. The van der Waals surface area contributed by atoms with Crippen molar-refractivity contribution in [1.82, 2.24) is 0 Å². The quantitative estimate of drug-likeness (QED) is 0.590. The molecule has 1 aliphatic rings. The van der Waals surface area contributed by atoms with Crippen LogP contribution in [0.25, 0.3) is 0 Å². The predicted molar refractivity (Wildman–Crippen MR) is 84.4 cm³/mol. The Labute approximate surface area is 150 Å². The molecule has 5 heteroatoms. The molecule has 20 heavy (non-hydrogen) atoms. The molecular formula is C15H35NaO3S. The summed E-state index contributed by atoms with van der Waals surface area (Å²) in [6.07, 6.45) is 10.5. The third kappa shape index (κ3) is 31.3. The molecule has 1 fully saturated rings. The SMILES string of the molecule is C.CC1CCCCC1.CCCC.CCCS(=O)(=O)[O-].[Na+]. The van der Waals surface area contributed by atoms with Gasteiger partial charge in [0.1, 0.15) is 0 Å². The smallest absolute Gasteiger partial charge is 0.748 e. The molecule has 0 heterocycles. The summed E-state index contributed by atoms with van der Waals surface area (Å²) in [5.41, 5.74) is 0. The van der Waals surface area contributed by atoms with E-state index in [0.717, 1.165) is 5.92 Å². The van der Waals surface area contributed by atoms with Crippen LogP contribution < -0.4 is 29.6 Å². The summed E-state index contributed by atoms with van der Waals surface area (Å²) in [7, 11) is -3.92. The number of unbranched alkanes of at least 4 members (excludes halogenated alkanes) is 1. The van der Waals surface area contributed by atoms with Crippen LogP contribution in [0, 0.1) is 5.92 Å². The molecule has 0 aromatic heterocycles. The van der Waals surface area contributed by atoms with Crippen molar-refractivity contribution in [3.63, 3.8) is 0 Å². The van der Waals surface area contributed by atoms with E-state index in [2.05, 4.69) is 20.8 Å². The predicted octanol–water partition coefficient (Wildman–Crippen LogP) is 1.97. The maximum atomic E-state index is 9.68. The molecule has 0 atom stereocenters. The molecule has 0 aromatic rings. The second kappa shape index (κ2) is 19.9. The first-order valence-electron chi connectivity index (χ1n) is 7.30. The Morgan fingerprint density at radius 3 is 1.45 bits per heavy atom. The first kappa shape index (κ1) is 29.0. The Morgan fingerprint density at radius 2 is 1.35 bits per heavy atom. The van der Waals surface area contributed by atoms with Crippen molar-refractivity contribution < 1.29 is 42.5 Å². The Balaban J connectivity index is -0.0000000950. The van der Waals surface area contributed by atoms with Gasteiger partial charge in [-0.25, -0.2) is 8.42 Å². The topological polar surface area (TPSA) is 57.2 Å². The fourth-order valence-electron chi connectivity index (χ4n) is 1.56. The number of hydrogen-bond acceptors (Lipinski definition) is 3. The minimum atomic E-state index is -3.92. The normalized spacial score (nSPS) is 14.4. The van der Waals surface area contributed by atoms with Crippen LogP contribution in [0.15, 0.2) is 0 Å². The van der Waals surface area contributed by atoms with Crippen molar-refractivity contribution in [1.29, 1.82) is 0 Å². The van der Waals surface area contributed by atoms with Gasteiger partial charge in [0.15, 0.2) is 0 Å². The van der Waals surface area contributed by atoms with Crippen molar-refractivity contribution in [2.45, 2.75) is 86.5 Å². The van der Waals surface area contributed by atoms with E-state index in [-0.39, 0.29) is 42.7 Å². The number of rotatable bonds is 3. The van der Waals surface area contributed by atoms with Gasteiger partial charge in [0, 0.05) is 5.75 Å². The third-order valence-electron chi connectivity index (χ3n) is 2.85. The van der Waals surface area contributed by atoms with Gasteiger partial charge in [0.25, 0.3) is 0 Å². The molecule has 1 rings (SSSR count). The van der Waals surface area contributed by atoms with E-state index in [0.29, 0.717) is 6.42 Å². The Hall–Kier alpha value is 0.910. The van der Waals surface area contributed by atoms with E-state index in [4.69, 9.17) is 0 Å². The van der Waals surface area contributed by atoms with Gasteiger partial charge in [0.05, 0.1) is 10.1 Å². The molecule has 3 nitrogen and oxygen atoms in total. The summed E-state index contributed by atoms with van der Waals surface area (Å²) in [6.45, 7) is 8.37. The van der Waals surface area contributed by atoms with E-state index in [1.54, 1.807) is 6.92 Å². The van der Waals surface area contributed by atoms with Crippen LogP contribution in [0.2, 0.25) is 0 Å². The van der Waals surface area contributed by atoms with Crippen LogP contribution >= 0.6 is 0 Å². The molecular weight excluding hydrogens is 283 g/mol. The molecule has 0 amide bonds. The average Bonchev–Trinajstić information content (AvgIpc) is 2.30. The molecule has 1 aliphatic carbocycles. The van der Waals surface area contributed by atoms with Crippen LogP contribution in [-0.4, -0.2) is 18.7 Å². The van der Waals surface area contributed by atoms with E-state index in [1.807, 2.05) is 0 Å². The molecule has 0 N–H and O–H groups in total. The van der Waals surface area contributed by atoms with Crippen LogP contribution in [-0.2, 0) is 10.1 Å². The first-order valence-corrected chi connectivity index (χ1v) is 8.88. The molecule has 0 unspecified atom stereocenters. The van der Waals surface area contributed by atoms with Crippen molar-refractivity contribution in [2.75, 3.05) is 5.75 Å². The maximum Gasteiger partial charge on any atom is 1.00 e. The van der Waals surface area contributed by atoms with Crippen molar-refractivity contribution >= 4 is 10.1 Å². The average molecular weight is 318 g/mol. The first-order chi connectivity index (χ1) is 8.37. The summed E-state index contributed by atoms with van der Waals surface area (Å²) < 4.78 is 29.0. The largest absolute Gasteiger partial charge is 1.00 e. The maximum absolute atomic E-state index is 9.68. The molecule has 0 aliphatic heterocycles. The summed E-state index contributed by atoms with van der Waals surface area (Å²) >= 11 is 0. The van der Waals surface area contributed by atoms with E-state index < -0.39 is 10.1 Å².